The number of hydrogen-bond acceptors (Lipinski definition) is 6. The lowest BCUT2D eigenvalue weighted by Gasteiger charge is -2.32. The third kappa shape index (κ3) is 3.09. The maximum Gasteiger partial charge on any atom is 0.164 e. The van der Waals surface area contributed by atoms with Gasteiger partial charge in [0.05, 0.1) is 24.0 Å². The van der Waals surface area contributed by atoms with Crippen LogP contribution in [-0.4, -0.2) is 59.2 Å². The van der Waals surface area contributed by atoms with Crippen molar-refractivity contribution in [3.63, 3.8) is 0 Å². The molecule has 1 fully saturated rings. The molecule has 0 unspecified atom stereocenters. The van der Waals surface area contributed by atoms with E-state index in [1.165, 1.54) is 0 Å². The Balaban J connectivity index is 1.63. The van der Waals surface area contributed by atoms with Gasteiger partial charge < -0.3 is 19.9 Å². The van der Waals surface area contributed by atoms with Gasteiger partial charge in [-0.2, -0.15) is 5.26 Å². The Labute approximate surface area is 152 Å². The van der Waals surface area contributed by atoms with E-state index >= 15 is 0 Å². The van der Waals surface area contributed by atoms with E-state index in [0.29, 0.717) is 11.7 Å². The molecule has 0 aromatic carbocycles. The van der Waals surface area contributed by atoms with Gasteiger partial charge in [0, 0.05) is 49.8 Å². The fraction of sp³-hybridized carbons (Fsp3) is 0.421. The standard InChI is InChI=1S/C19H22N6O/c1-26-10-9-25-7-4-13(5-8-25)23-18-15(11-20)22-12-16-17(18)14-3-2-6-21-19(14)24-16/h2-3,6,12-13,23H,4-5,7-10H2,1H3,(H,21,24). The Hall–Kier alpha value is -2.69. The second-order valence-electron chi connectivity index (χ2n) is 6.66. The molecule has 1 saturated heterocycles. The molecule has 0 aliphatic carbocycles. The quantitative estimate of drug-likeness (QED) is 0.735. The van der Waals surface area contributed by atoms with Crippen LogP contribution in [0.5, 0.6) is 0 Å². The van der Waals surface area contributed by atoms with Crippen LogP contribution in [0.15, 0.2) is 24.5 Å². The van der Waals surface area contributed by atoms with Crippen molar-refractivity contribution >= 4 is 27.6 Å². The lowest BCUT2D eigenvalue weighted by atomic mass is 10.0. The van der Waals surface area contributed by atoms with Gasteiger partial charge in [0.15, 0.2) is 5.69 Å². The first kappa shape index (κ1) is 16.8. The summed E-state index contributed by atoms with van der Waals surface area (Å²) in [5.74, 6) is 0. The van der Waals surface area contributed by atoms with Crippen molar-refractivity contribution in [2.45, 2.75) is 18.9 Å². The minimum absolute atomic E-state index is 0.329. The number of aromatic nitrogens is 3. The highest BCUT2D eigenvalue weighted by molar-refractivity contribution is 6.12. The number of piperidine rings is 1. The van der Waals surface area contributed by atoms with Gasteiger partial charge in [0.1, 0.15) is 11.7 Å². The topological polar surface area (TPSA) is 89.9 Å². The summed E-state index contributed by atoms with van der Waals surface area (Å²) < 4.78 is 5.17. The molecule has 7 nitrogen and oxygen atoms in total. The number of pyridine rings is 2. The second-order valence-corrected chi connectivity index (χ2v) is 6.66. The highest BCUT2D eigenvalue weighted by atomic mass is 16.5. The summed E-state index contributed by atoms with van der Waals surface area (Å²) in [5.41, 5.74) is 2.97. The van der Waals surface area contributed by atoms with Crippen LogP contribution in [-0.2, 0) is 4.74 Å². The van der Waals surface area contributed by atoms with Crippen LogP contribution < -0.4 is 5.32 Å². The lowest BCUT2D eigenvalue weighted by molar-refractivity contribution is 0.132. The van der Waals surface area contributed by atoms with Crippen molar-refractivity contribution in [3.05, 3.63) is 30.2 Å². The van der Waals surface area contributed by atoms with Crippen molar-refractivity contribution in [3.8, 4) is 6.07 Å². The molecule has 0 atom stereocenters. The number of nitriles is 1. The molecule has 3 aromatic rings. The number of rotatable bonds is 5. The van der Waals surface area contributed by atoms with Crippen LogP contribution in [0.4, 0.5) is 5.69 Å². The predicted molar refractivity (Wildman–Crippen MR) is 101 cm³/mol. The molecular weight excluding hydrogens is 328 g/mol. The van der Waals surface area contributed by atoms with Crippen molar-refractivity contribution in [1.82, 2.24) is 19.9 Å². The number of methoxy groups -OCH3 is 1. The molecule has 0 radical (unpaired) electrons. The van der Waals surface area contributed by atoms with Gasteiger partial charge in [0.25, 0.3) is 0 Å². The molecule has 4 rings (SSSR count). The molecule has 0 bridgehead atoms. The van der Waals surface area contributed by atoms with Crippen molar-refractivity contribution in [1.29, 1.82) is 5.26 Å². The van der Waals surface area contributed by atoms with Crippen LogP contribution in [0.25, 0.3) is 21.9 Å². The summed E-state index contributed by atoms with van der Waals surface area (Å²) >= 11 is 0. The molecule has 3 aromatic heterocycles. The average Bonchev–Trinajstić information content (AvgIpc) is 3.06. The molecule has 0 amide bonds. The zero-order valence-electron chi connectivity index (χ0n) is 14.8. The summed E-state index contributed by atoms with van der Waals surface area (Å²) in [6.07, 6.45) is 5.55. The van der Waals surface area contributed by atoms with Gasteiger partial charge >= 0.3 is 0 Å². The van der Waals surface area contributed by atoms with E-state index in [-0.39, 0.29) is 0 Å². The maximum atomic E-state index is 9.56. The molecule has 0 spiro atoms. The first-order valence-electron chi connectivity index (χ1n) is 8.93. The van der Waals surface area contributed by atoms with Crippen molar-refractivity contribution in [2.75, 3.05) is 38.7 Å². The van der Waals surface area contributed by atoms with Gasteiger partial charge in [-0.15, -0.1) is 0 Å². The molecule has 2 N–H and O–H groups in total. The highest BCUT2D eigenvalue weighted by Crippen LogP contribution is 2.33. The largest absolute Gasteiger partial charge is 0.383 e. The number of nitrogens with one attached hydrogen (secondary N) is 2. The Kier molecular flexibility index (Phi) is 4.69. The summed E-state index contributed by atoms with van der Waals surface area (Å²) in [6, 6.07) is 6.51. The Morgan fingerprint density at radius 3 is 3.00 bits per heavy atom. The monoisotopic (exact) mass is 350 g/mol. The molecule has 0 saturated carbocycles. The normalized spacial score (nSPS) is 16.2. The average molecular weight is 350 g/mol. The van der Waals surface area contributed by atoms with Crippen LogP contribution in [0, 0.1) is 11.3 Å². The number of nitrogens with zero attached hydrogens (tertiary/aromatic N) is 4. The van der Waals surface area contributed by atoms with Gasteiger partial charge in [-0.25, -0.2) is 9.97 Å². The summed E-state index contributed by atoms with van der Waals surface area (Å²) in [6.45, 7) is 3.80. The summed E-state index contributed by atoms with van der Waals surface area (Å²) in [7, 11) is 1.74. The molecule has 1 aliphatic heterocycles. The van der Waals surface area contributed by atoms with E-state index in [2.05, 4.69) is 31.2 Å². The van der Waals surface area contributed by atoms with Gasteiger partial charge in [-0.3, -0.25) is 0 Å². The van der Waals surface area contributed by atoms with E-state index in [1.54, 1.807) is 19.5 Å². The molecule has 4 heterocycles. The first-order valence-corrected chi connectivity index (χ1v) is 8.93. The number of hydrogen-bond donors (Lipinski definition) is 2. The van der Waals surface area contributed by atoms with E-state index in [1.807, 2.05) is 12.1 Å². The molecule has 26 heavy (non-hydrogen) atoms. The van der Waals surface area contributed by atoms with Crippen molar-refractivity contribution < 1.29 is 4.74 Å². The Morgan fingerprint density at radius 1 is 1.38 bits per heavy atom. The van der Waals surface area contributed by atoms with Gasteiger partial charge in [0.2, 0.25) is 0 Å². The van der Waals surface area contributed by atoms with Crippen LogP contribution in [0.2, 0.25) is 0 Å². The van der Waals surface area contributed by atoms with Crippen LogP contribution in [0.1, 0.15) is 18.5 Å². The first-order chi connectivity index (χ1) is 12.8. The fourth-order valence-corrected chi connectivity index (χ4v) is 3.67. The number of likely N-dealkylation sites (tertiary alicyclic amines) is 1. The van der Waals surface area contributed by atoms with E-state index in [9.17, 15) is 5.26 Å². The van der Waals surface area contributed by atoms with Crippen LogP contribution >= 0.6 is 0 Å². The third-order valence-corrected chi connectivity index (χ3v) is 5.06. The third-order valence-electron chi connectivity index (χ3n) is 5.06. The number of ether oxygens (including phenoxy) is 1. The fourth-order valence-electron chi connectivity index (χ4n) is 3.67. The summed E-state index contributed by atoms with van der Waals surface area (Å²) in [5, 5.41) is 15.2. The van der Waals surface area contributed by atoms with E-state index < -0.39 is 0 Å². The van der Waals surface area contributed by atoms with E-state index in [4.69, 9.17) is 4.74 Å². The zero-order chi connectivity index (χ0) is 17.9. The van der Waals surface area contributed by atoms with Crippen LogP contribution in [0.3, 0.4) is 0 Å². The Morgan fingerprint density at radius 2 is 2.23 bits per heavy atom. The van der Waals surface area contributed by atoms with Gasteiger partial charge in [-0.05, 0) is 25.0 Å². The Bertz CT molecular complexity index is 952. The van der Waals surface area contributed by atoms with Gasteiger partial charge in [-0.1, -0.05) is 0 Å². The minimum atomic E-state index is 0.329. The van der Waals surface area contributed by atoms with Crippen molar-refractivity contribution in [2.24, 2.45) is 0 Å². The number of H-pyrrole nitrogens is 1. The smallest absolute Gasteiger partial charge is 0.164 e. The molecule has 1 aliphatic rings. The molecule has 134 valence electrons. The minimum Gasteiger partial charge on any atom is -0.383 e. The number of fused-ring (bicyclic) bond motifs is 3. The maximum absolute atomic E-state index is 9.56. The molecule has 7 heteroatoms. The number of aromatic amines is 1. The predicted octanol–water partition coefficient (Wildman–Crippen LogP) is 2.51. The van der Waals surface area contributed by atoms with E-state index in [0.717, 1.165) is 66.7 Å². The number of anilines is 1. The zero-order valence-corrected chi connectivity index (χ0v) is 14.8. The highest BCUT2D eigenvalue weighted by Gasteiger charge is 2.22. The second kappa shape index (κ2) is 7.28. The lowest BCUT2D eigenvalue weighted by Crippen LogP contribution is -2.40. The molecular formula is C19H22N6O. The SMILES string of the molecule is COCCN1CCC(Nc2c(C#N)ncc3[nH]c4ncccc4c23)CC1. The summed E-state index contributed by atoms with van der Waals surface area (Å²) in [4.78, 5) is 14.4.